The van der Waals surface area contributed by atoms with Gasteiger partial charge < -0.3 is 9.80 Å². The topological polar surface area (TPSA) is 36.4 Å². The number of hydrogen-bond acceptors (Lipinski definition) is 3. The minimum absolute atomic E-state index is 0.158. The molecule has 0 N–H and O–H groups in total. The Kier molecular flexibility index (Phi) is 3.90. The summed E-state index contributed by atoms with van der Waals surface area (Å²) in [6, 6.07) is 4.38. The molecule has 2 aliphatic rings. The molecule has 0 spiro atoms. The molecule has 0 radical (unpaired) electrons. The molecule has 4 nitrogen and oxygen atoms in total. The van der Waals surface area contributed by atoms with E-state index in [2.05, 4.69) is 16.9 Å². The highest BCUT2D eigenvalue weighted by molar-refractivity contribution is 5.95. The fourth-order valence-corrected chi connectivity index (χ4v) is 3.33. The van der Waals surface area contributed by atoms with Gasteiger partial charge in [-0.15, -0.1) is 0 Å². The van der Waals surface area contributed by atoms with Crippen molar-refractivity contribution in [2.75, 3.05) is 25.0 Å². The average molecular weight is 273 g/mol. The van der Waals surface area contributed by atoms with Crippen molar-refractivity contribution in [1.29, 1.82) is 0 Å². The van der Waals surface area contributed by atoms with E-state index in [1.54, 1.807) is 6.20 Å². The first kappa shape index (κ1) is 13.4. The predicted molar refractivity (Wildman–Crippen MR) is 80.0 cm³/mol. The molecular weight excluding hydrogens is 250 g/mol. The van der Waals surface area contributed by atoms with Crippen LogP contribution in [0.1, 0.15) is 48.9 Å². The highest BCUT2D eigenvalue weighted by Gasteiger charge is 2.23. The zero-order chi connectivity index (χ0) is 13.9. The summed E-state index contributed by atoms with van der Waals surface area (Å²) in [4.78, 5) is 21.1. The summed E-state index contributed by atoms with van der Waals surface area (Å²) >= 11 is 0. The van der Waals surface area contributed by atoms with Crippen LogP contribution in [0.15, 0.2) is 18.3 Å². The summed E-state index contributed by atoms with van der Waals surface area (Å²) in [6.07, 6.45) is 9.12. The van der Waals surface area contributed by atoms with E-state index in [9.17, 15) is 4.79 Å². The minimum atomic E-state index is 0.158. The van der Waals surface area contributed by atoms with Crippen LogP contribution in [0.4, 0.5) is 5.82 Å². The number of pyridine rings is 1. The van der Waals surface area contributed by atoms with Crippen molar-refractivity contribution in [2.45, 2.75) is 44.6 Å². The summed E-state index contributed by atoms with van der Waals surface area (Å²) in [5.41, 5.74) is 0.779. The number of aromatic nitrogens is 1. The first-order valence-corrected chi connectivity index (χ1v) is 7.74. The second-order valence-corrected chi connectivity index (χ2v) is 5.95. The lowest BCUT2D eigenvalue weighted by molar-refractivity contribution is 0.0792. The van der Waals surface area contributed by atoms with E-state index in [0.717, 1.165) is 37.3 Å². The smallest absolute Gasteiger partial charge is 0.254 e. The maximum absolute atomic E-state index is 12.4. The van der Waals surface area contributed by atoms with Gasteiger partial charge in [0, 0.05) is 37.9 Å². The first-order valence-electron chi connectivity index (χ1n) is 7.74. The summed E-state index contributed by atoms with van der Waals surface area (Å²) in [7, 11) is 2.10. The number of likely N-dealkylation sites (tertiary alicyclic amines) is 1. The molecule has 0 bridgehead atoms. The molecule has 4 heteroatoms. The number of hydrogen-bond donors (Lipinski definition) is 0. The van der Waals surface area contributed by atoms with Gasteiger partial charge in [-0.1, -0.05) is 12.8 Å². The fourth-order valence-electron chi connectivity index (χ4n) is 3.33. The second kappa shape index (κ2) is 5.81. The van der Waals surface area contributed by atoms with Crippen LogP contribution < -0.4 is 4.90 Å². The summed E-state index contributed by atoms with van der Waals surface area (Å²) in [6.45, 7) is 1.80. The molecule has 1 aromatic rings. The molecule has 1 aliphatic carbocycles. The molecule has 0 aromatic carbocycles. The van der Waals surface area contributed by atoms with Crippen LogP contribution in [0.25, 0.3) is 0 Å². The maximum Gasteiger partial charge on any atom is 0.254 e. The number of rotatable bonds is 3. The van der Waals surface area contributed by atoms with Gasteiger partial charge in [-0.25, -0.2) is 4.98 Å². The van der Waals surface area contributed by atoms with Gasteiger partial charge in [0.15, 0.2) is 0 Å². The molecule has 108 valence electrons. The van der Waals surface area contributed by atoms with E-state index in [-0.39, 0.29) is 5.91 Å². The van der Waals surface area contributed by atoms with E-state index in [4.69, 9.17) is 0 Å². The lowest BCUT2D eigenvalue weighted by Gasteiger charge is -2.26. The quantitative estimate of drug-likeness (QED) is 0.849. The van der Waals surface area contributed by atoms with Gasteiger partial charge in [0.1, 0.15) is 5.82 Å². The standard InChI is InChI=1S/C16H23N3O/c1-18(14-6-2-3-7-14)15-12-13(8-9-17-15)16(20)19-10-4-5-11-19/h8-9,12,14H,2-7,10-11H2,1H3. The van der Waals surface area contributed by atoms with Crippen LogP contribution in [0, 0.1) is 0 Å². The maximum atomic E-state index is 12.4. The van der Waals surface area contributed by atoms with E-state index >= 15 is 0 Å². The largest absolute Gasteiger partial charge is 0.357 e. The van der Waals surface area contributed by atoms with E-state index in [0.29, 0.717) is 6.04 Å². The molecular formula is C16H23N3O. The molecule has 3 rings (SSSR count). The molecule has 0 unspecified atom stereocenters. The van der Waals surface area contributed by atoms with E-state index < -0.39 is 0 Å². The zero-order valence-corrected chi connectivity index (χ0v) is 12.2. The van der Waals surface area contributed by atoms with Crippen LogP contribution in [0.3, 0.4) is 0 Å². The van der Waals surface area contributed by atoms with Gasteiger partial charge in [-0.05, 0) is 37.8 Å². The van der Waals surface area contributed by atoms with E-state index in [1.807, 2.05) is 17.0 Å². The SMILES string of the molecule is CN(c1cc(C(=O)N2CCCC2)ccn1)C1CCCC1. The van der Waals surface area contributed by atoms with Gasteiger partial charge in [0.2, 0.25) is 0 Å². The Bertz CT molecular complexity index is 476. The Labute approximate surface area is 120 Å². The highest BCUT2D eigenvalue weighted by Crippen LogP contribution is 2.26. The van der Waals surface area contributed by atoms with Crippen molar-refractivity contribution < 1.29 is 4.79 Å². The van der Waals surface area contributed by atoms with Crippen LogP contribution in [-0.2, 0) is 0 Å². The number of anilines is 1. The highest BCUT2D eigenvalue weighted by atomic mass is 16.2. The fraction of sp³-hybridized carbons (Fsp3) is 0.625. The molecule has 1 saturated heterocycles. The van der Waals surface area contributed by atoms with Gasteiger partial charge in [-0.3, -0.25) is 4.79 Å². The van der Waals surface area contributed by atoms with Crippen LogP contribution >= 0.6 is 0 Å². The molecule has 1 aliphatic heterocycles. The Morgan fingerprint density at radius 2 is 1.95 bits per heavy atom. The number of nitrogens with zero attached hydrogens (tertiary/aromatic N) is 3. The van der Waals surface area contributed by atoms with Crippen LogP contribution in [0.5, 0.6) is 0 Å². The number of carbonyl (C=O) groups is 1. The van der Waals surface area contributed by atoms with Gasteiger partial charge in [-0.2, -0.15) is 0 Å². The van der Waals surface area contributed by atoms with Crippen molar-refractivity contribution in [1.82, 2.24) is 9.88 Å². The Hall–Kier alpha value is -1.58. The molecule has 1 amide bonds. The van der Waals surface area contributed by atoms with Gasteiger partial charge in [0.05, 0.1) is 0 Å². The molecule has 2 fully saturated rings. The summed E-state index contributed by atoms with van der Waals surface area (Å²) in [5.74, 6) is 1.09. The Morgan fingerprint density at radius 3 is 2.65 bits per heavy atom. The minimum Gasteiger partial charge on any atom is -0.357 e. The molecule has 20 heavy (non-hydrogen) atoms. The molecule has 2 heterocycles. The lowest BCUT2D eigenvalue weighted by Crippen LogP contribution is -2.31. The second-order valence-electron chi connectivity index (χ2n) is 5.95. The molecule has 1 aromatic heterocycles. The van der Waals surface area contributed by atoms with Crippen LogP contribution in [-0.4, -0.2) is 42.0 Å². The van der Waals surface area contributed by atoms with Crippen molar-refractivity contribution in [2.24, 2.45) is 0 Å². The zero-order valence-electron chi connectivity index (χ0n) is 12.2. The Balaban J connectivity index is 1.76. The van der Waals surface area contributed by atoms with Crippen molar-refractivity contribution in [3.8, 4) is 0 Å². The summed E-state index contributed by atoms with van der Waals surface area (Å²) < 4.78 is 0. The number of carbonyl (C=O) groups excluding carboxylic acids is 1. The van der Waals surface area contributed by atoms with Gasteiger partial charge >= 0.3 is 0 Å². The monoisotopic (exact) mass is 273 g/mol. The lowest BCUT2D eigenvalue weighted by atomic mass is 10.2. The average Bonchev–Trinajstić information content (AvgIpc) is 3.18. The van der Waals surface area contributed by atoms with Crippen molar-refractivity contribution >= 4 is 11.7 Å². The molecule has 0 atom stereocenters. The Morgan fingerprint density at radius 1 is 1.25 bits per heavy atom. The van der Waals surface area contributed by atoms with Crippen molar-refractivity contribution in [3.63, 3.8) is 0 Å². The third-order valence-corrected chi connectivity index (χ3v) is 4.62. The third kappa shape index (κ3) is 2.65. The third-order valence-electron chi connectivity index (χ3n) is 4.62. The van der Waals surface area contributed by atoms with Crippen LogP contribution in [0.2, 0.25) is 0 Å². The van der Waals surface area contributed by atoms with Gasteiger partial charge in [0.25, 0.3) is 5.91 Å². The van der Waals surface area contributed by atoms with E-state index in [1.165, 1.54) is 25.7 Å². The molecule has 1 saturated carbocycles. The summed E-state index contributed by atoms with van der Waals surface area (Å²) in [5, 5.41) is 0. The predicted octanol–water partition coefficient (Wildman–Crippen LogP) is 2.70. The van der Waals surface area contributed by atoms with Crippen molar-refractivity contribution in [3.05, 3.63) is 23.9 Å². The first-order chi connectivity index (χ1) is 9.75. The number of amides is 1. The normalized spacial score (nSPS) is 19.6.